The van der Waals surface area contributed by atoms with Crippen molar-refractivity contribution < 1.29 is 9.18 Å². The van der Waals surface area contributed by atoms with Gasteiger partial charge in [0.25, 0.3) is 0 Å². The van der Waals surface area contributed by atoms with Crippen molar-refractivity contribution in [2.75, 3.05) is 5.32 Å². The summed E-state index contributed by atoms with van der Waals surface area (Å²) in [4.78, 5) is 12.2. The number of thiocarbonyl (C=S) groups is 1. The fraction of sp³-hybridized carbons (Fsp3) is 0.333. The smallest absolute Gasteiger partial charge is 0.234 e. The number of anilines is 1. The molecule has 1 atom stereocenters. The van der Waals surface area contributed by atoms with Gasteiger partial charge < -0.3 is 11.1 Å². The summed E-state index contributed by atoms with van der Waals surface area (Å²) in [7, 11) is 0. The molecule has 0 saturated heterocycles. The molecule has 0 radical (unpaired) electrons. The van der Waals surface area contributed by atoms with Crippen LogP contribution in [-0.2, 0) is 4.79 Å². The van der Waals surface area contributed by atoms with Gasteiger partial charge >= 0.3 is 0 Å². The van der Waals surface area contributed by atoms with E-state index >= 15 is 0 Å². The third kappa shape index (κ3) is 3.74. The molecule has 3 N–H and O–H groups in total. The van der Waals surface area contributed by atoms with Gasteiger partial charge in [0.2, 0.25) is 5.91 Å². The van der Waals surface area contributed by atoms with Crippen LogP contribution in [0.25, 0.3) is 0 Å². The summed E-state index contributed by atoms with van der Waals surface area (Å²) in [5, 5.41) is 2.67. The average molecular weight is 333 g/mol. The Balaban J connectivity index is 2.86. The van der Waals surface area contributed by atoms with Gasteiger partial charge in [0.1, 0.15) is 5.82 Å². The van der Waals surface area contributed by atoms with E-state index in [0.717, 1.165) is 0 Å². The Kier molecular flexibility index (Phi) is 5.22. The molecule has 0 heterocycles. The molecule has 0 fully saturated rings. The maximum Gasteiger partial charge on any atom is 0.234 e. The molecule has 18 heavy (non-hydrogen) atoms. The molecular formula is C12H14BrFN2OS. The highest BCUT2D eigenvalue weighted by atomic mass is 79.9. The SMILES string of the molecule is CC(C)C(C(=O)Nc1ccc(F)c(Br)c1)C(N)=S. The quantitative estimate of drug-likeness (QED) is 0.833. The van der Waals surface area contributed by atoms with Crippen molar-refractivity contribution in [2.45, 2.75) is 13.8 Å². The second-order valence-electron chi connectivity index (χ2n) is 4.24. The highest BCUT2D eigenvalue weighted by Gasteiger charge is 2.25. The largest absolute Gasteiger partial charge is 0.393 e. The molecule has 0 aliphatic heterocycles. The second-order valence-corrected chi connectivity index (χ2v) is 5.57. The van der Waals surface area contributed by atoms with E-state index in [-0.39, 0.29) is 27.1 Å². The van der Waals surface area contributed by atoms with Crippen LogP contribution in [0.1, 0.15) is 13.8 Å². The van der Waals surface area contributed by atoms with Crippen LogP contribution >= 0.6 is 28.1 Å². The zero-order valence-corrected chi connectivity index (χ0v) is 12.4. The summed E-state index contributed by atoms with van der Waals surface area (Å²) >= 11 is 7.93. The number of benzene rings is 1. The van der Waals surface area contributed by atoms with Crippen molar-refractivity contribution in [1.82, 2.24) is 0 Å². The van der Waals surface area contributed by atoms with E-state index in [0.29, 0.717) is 5.69 Å². The van der Waals surface area contributed by atoms with Gasteiger partial charge in [-0.3, -0.25) is 4.79 Å². The molecule has 6 heteroatoms. The number of amides is 1. The first-order valence-electron chi connectivity index (χ1n) is 5.38. The Hall–Kier alpha value is -1.01. The lowest BCUT2D eigenvalue weighted by atomic mass is 9.95. The molecule has 98 valence electrons. The number of carbonyl (C=O) groups excluding carboxylic acids is 1. The fourth-order valence-corrected chi connectivity index (χ4v) is 2.31. The van der Waals surface area contributed by atoms with Crippen LogP contribution in [0.4, 0.5) is 10.1 Å². The van der Waals surface area contributed by atoms with Crippen LogP contribution in [0.3, 0.4) is 0 Å². The normalized spacial score (nSPS) is 12.3. The van der Waals surface area contributed by atoms with E-state index in [1.54, 1.807) is 0 Å². The third-order valence-electron chi connectivity index (χ3n) is 2.44. The number of hydrogen-bond donors (Lipinski definition) is 2. The average Bonchev–Trinajstić information content (AvgIpc) is 2.22. The molecule has 1 amide bonds. The predicted octanol–water partition coefficient (Wildman–Crippen LogP) is 3.08. The van der Waals surface area contributed by atoms with E-state index in [1.807, 2.05) is 13.8 Å². The van der Waals surface area contributed by atoms with E-state index < -0.39 is 5.92 Å². The molecule has 0 spiro atoms. The van der Waals surface area contributed by atoms with Crippen LogP contribution in [0, 0.1) is 17.7 Å². The molecule has 1 aromatic carbocycles. The van der Waals surface area contributed by atoms with E-state index in [2.05, 4.69) is 21.2 Å². The summed E-state index contributed by atoms with van der Waals surface area (Å²) < 4.78 is 13.3. The zero-order chi connectivity index (χ0) is 13.9. The standard InChI is InChI=1S/C12H14BrFN2OS/c1-6(2)10(11(15)18)12(17)16-7-3-4-9(14)8(13)5-7/h3-6,10H,1-2H3,(H2,15,18)(H,16,17). The topological polar surface area (TPSA) is 55.1 Å². The molecule has 1 rings (SSSR count). The van der Waals surface area contributed by atoms with Gasteiger partial charge in [0, 0.05) is 5.69 Å². The number of carbonyl (C=O) groups is 1. The number of rotatable bonds is 4. The van der Waals surface area contributed by atoms with Crippen molar-refractivity contribution >= 4 is 44.7 Å². The van der Waals surface area contributed by atoms with Crippen molar-refractivity contribution in [3.05, 3.63) is 28.5 Å². The Bertz CT molecular complexity index is 479. The van der Waals surface area contributed by atoms with Gasteiger partial charge in [0.05, 0.1) is 15.4 Å². The lowest BCUT2D eigenvalue weighted by Crippen LogP contribution is -2.36. The predicted molar refractivity (Wildman–Crippen MR) is 77.8 cm³/mol. The van der Waals surface area contributed by atoms with Crippen LogP contribution in [0.15, 0.2) is 22.7 Å². The van der Waals surface area contributed by atoms with Crippen LogP contribution < -0.4 is 11.1 Å². The minimum absolute atomic E-state index is 0.00592. The molecule has 3 nitrogen and oxygen atoms in total. The molecule has 0 aromatic heterocycles. The van der Waals surface area contributed by atoms with Crippen molar-refractivity contribution in [3.8, 4) is 0 Å². The van der Waals surface area contributed by atoms with Gasteiger partial charge in [-0.15, -0.1) is 0 Å². The lowest BCUT2D eigenvalue weighted by molar-refractivity contribution is -0.118. The second kappa shape index (κ2) is 6.24. The molecular weight excluding hydrogens is 319 g/mol. The lowest BCUT2D eigenvalue weighted by Gasteiger charge is -2.18. The monoisotopic (exact) mass is 332 g/mol. The van der Waals surface area contributed by atoms with Gasteiger partial charge in [-0.05, 0) is 40.0 Å². The van der Waals surface area contributed by atoms with Crippen LogP contribution in [0.5, 0.6) is 0 Å². The minimum Gasteiger partial charge on any atom is -0.393 e. The highest BCUT2D eigenvalue weighted by molar-refractivity contribution is 9.10. The van der Waals surface area contributed by atoms with Crippen LogP contribution in [-0.4, -0.2) is 10.9 Å². The van der Waals surface area contributed by atoms with Gasteiger partial charge in [-0.1, -0.05) is 26.1 Å². The first-order chi connectivity index (χ1) is 8.32. The molecule has 1 aromatic rings. The van der Waals surface area contributed by atoms with E-state index in [1.165, 1.54) is 18.2 Å². The van der Waals surface area contributed by atoms with Crippen molar-refractivity contribution in [1.29, 1.82) is 0 Å². The molecule has 0 saturated carbocycles. The third-order valence-corrected chi connectivity index (χ3v) is 3.30. The van der Waals surface area contributed by atoms with E-state index in [9.17, 15) is 9.18 Å². The number of halogens is 2. The maximum absolute atomic E-state index is 13.1. The van der Waals surface area contributed by atoms with Crippen molar-refractivity contribution in [3.63, 3.8) is 0 Å². The molecule has 0 aliphatic rings. The number of nitrogens with two attached hydrogens (primary N) is 1. The summed E-state index contributed by atoms with van der Waals surface area (Å²) in [5.41, 5.74) is 6.04. The Labute approximate surface area is 119 Å². The first kappa shape index (κ1) is 15.0. The maximum atomic E-state index is 13.1. The van der Waals surface area contributed by atoms with Gasteiger partial charge in [-0.2, -0.15) is 0 Å². The summed E-state index contributed by atoms with van der Waals surface area (Å²) in [6.07, 6.45) is 0. The Morgan fingerprint density at radius 2 is 2.11 bits per heavy atom. The van der Waals surface area contributed by atoms with Crippen molar-refractivity contribution in [2.24, 2.45) is 17.6 Å². The highest BCUT2D eigenvalue weighted by Crippen LogP contribution is 2.21. The summed E-state index contributed by atoms with van der Waals surface area (Å²) in [6.45, 7) is 3.73. The summed E-state index contributed by atoms with van der Waals surface area (Å²) in [5.74, 6) is -1.20. The fourth-order valence-electron chi connectivity index (χ4n) is 1.55. The summed E-state index contributed by atoms with van der Waals surface area (Å²) in [6, 6.07) is 4.24. The number of hydrogen-bond acceptors (Lipinski definition) is 2. The van der Waals surface area contributed by atoms with Crippen LogP contribution in [0.2, 0.25) is 0 Å². The zero-order valence-electron chi connectivity index (χ0n) is 10.0. The van der Waals surface area contributed by atoms with E-state index in [4.69, 9.17) is 18.0 Å². The molecule has 0 bridgehead atoms. The molecule has 0 aliphatic carbocycles. The van der Waals surface area contributed by atoms with Gasteiger partial charge in [-0.25, -0.2) is 4.39 Å². The Morgan fingerprint density at radius 3 is 2.56 bits per heavy atom. The molecule has 1 unspecified atom stereocenters. The first-order valence-corrected chi connectivity index (χ1v) is 6.58. The van der Waals surface area contributed by atoms with Gasteiger partial charge in [0.15, 0.2) is 0 Å². The number of nitrogens with one attached hydrogen (secondary N) is 1. The minimum atomic E-state index is -0.538. The Morgan fingerprint density at radius 1 is 1.50 bits per heavy atom.